The largest absolute Gasteiger partial charge is 0.416 e. The second-order valence-corrected chi connectivity index (χ2v) is 6.69. The van der Waals surface area contributed by atoms with Gasteiger partial charge in [-0.3, -0.25) is 4.90 Å². The van der Waals surface area contributed by atoms with Crippen molar-refractivity contribution in [3.63, 3.8) is 0 Å². The molecule has 7 heteroatoms. The van der Waals surface area contributed by atoms with Crippen molar-refractivity contribution in [2.24, 2.45) is 0 Å². The summed E-state index contributed by atoms with van der Waals surface area (Å²) in [4.78, 5) is 2.09. The second kappa shape index (κ2) is 6.81. The van der Waals surface area contributed by atoms with E-state index in [1.54, 1.807) is 0 Å². The van der Waals surface area contributed by atoms with E-state index in [-0.39, 0.29) is 10.6 Å². The van der Waals surface area contributed by atoms with E-state index < -0.39 is 17.8 Å². The molecule has 2 aromatic rings. The lowest BCUT2D eigenvalue weighted by Crippen LogP contribution is -2.45. The van der Waals surface area contributed by atoms with E-state index in [0.717, 1.165) is 24.7 Å². The van der Waals surface area contributed by atoms with Crippen LogP contribution in [0, 0.1) is 0 Å². The molecule has 0 bridgehead atoms. The minimum Gasteiger partial charge on any atom is -0.314 e. The molecule has 0 saturated carbocycles. The molecule has 1 aromatic carbocycles. The summed E-state index contributed by atoms with van der Waals surface area (Å²) in [7, 11) is 0. The molecule has 1 aliphatic rings. The van der Waals surface area contributed by atoms with Crippen molar-refractivity contribution in [1.29, 1.82) is 0 Å². The Kier molecular flexibility index (Phi) is 4.96. The Hall–Kier alpha value is -1.08. The highest BCUT2D eigenvalue weighted by atomic mass is 35.5. The maximum absolute atomic E-state index is 13.5. The molecule has 2 heterocycles. The van der Waals surface area contributed by atoms with Crippen LogP contribution in [0.1, 0.15) is 22.7 Å². The topological polar surface area (TPSA) is 15.3 Å². The maximum atomic E-state index is 13.5. The number of piperazine rings is 1. The van der Waals surface area contributed by atoms with Gasteiger partial charge in [0.25, 0.3) is 0 Å². The van der Waals surface area contributed by atoms with Crippen molar-refractivity contribution in [3.05, 3.63) is 56.7 Å². The van der Waals surface area contributed by atoms with Gasteiger partial charge in [-0.05, 0) is 40.1 Å². The predicted molar refractivity (Wildman–Crippen MR) is 87.1 cm³/mol. The van der Waals surface area contributed by atoms with Crippen LogP contribution in [0.4, 0.5) is 13.2 Å². The average Bonchev–Trinajstić information content (AvgIpc) is 3.03. The van der Waals surface area contributed by atoms with Crippen molar-refractivity contribution in [1.82, 2.24) is 10.2 Å². The van der Waals surface area contributed by atoms with Crippen LogP contribution in [-0.4, -0.2) is 31.1 Å². The summed E-state index contributed by atoms with van der Waals surface area (Å²) in [5.74, 6) is 0. The van der Waals surface area contributed by atoms with Gasteiger partial charge >= 0.3 is 6.18 Å². The standard InChI is InChI=1S/C16H16ClF3N2S/c17-12-1-2-13(14(9-12)16(18,19)20)15(11-3-8-23-10-11)22-6-4-21-5-7-22/h1-3,8-10,15,21H,4-7H2/t15-/m1/s1. The van der Waals surface area contributed by atoms with Crippen LogP contribution in [0.25, 0.3) is 0 Å². The van der Waals surface area contributed by atoms with Gasteiger partial charge in [0.1, 0.15) is 0 Å². The molecule has 2 nitrogen and oxygen atoms in total. The highest BCUT2D eigenvalue weighted by Gasteiger charge is 2.37. The average molecular weight is 361 g/mol. The summed E-state index contributed by atoms with van der Waals surface area (Å²) in [6.07, 6.45) is -4.43. The first kappa shape index (κ1) is 16.8. The van der Waals surface area contributed by atoms with Gasteiger partial charge in [0.15, 0.2) is 0 Å². The zero-order chi connectivity index (χ0) is 16.4. The van der Waals surface area contributed by atoms with Gasteiger partial charge < -0.3 is 5.32 Å². The Morgan fingerprint density at radius 2 is 1.91 bits per heavy atom. The second-order valence-electron chi connectivity index (χ2n) is 5.47. The summed E-state index contributed by atoms with van der Waals surface area (Å²) in [6.45, 7) is 2.96. The molecule has 23 heavy (non-hydrogen) atoms. The number of nitrogens with zero attached hydrogens (tertiary/aromatic N) is 1. The molecule has 3 rings (SSSR count). The van der Waals surface area contributed by atoms with Gasteiger partial charge in [-0.1, -0.05) is 17.7 Å². The minimum absolute atomic E-state index is 0.102. The highest BCUT2D eigenvalue weighted by Crippen LogP contribution is 2.40. The van der Waals surface area contributed by atoms with Crippen LogP contribution >= 0.6 is 22.9 Å². The highest BCUT2D eigenvalue weighted by molar-refractivity contribution is 7.08. The third-order valence-electron chi connectivity index (χ3n) is 3.99. The fourth-order valence-electron chi connectivity index (χ4n) is 2.97. The third kappa shape index (κ3) is 3.71. The van der Waals surface area contributed by atoms with Gasteiger partial charge in [-0.15, -0.1) is 0 Å². The van der Waals surface area contributed by atoms with E-state index >= 15 is 0 Å². The van der Waals surface area contributed by atoms with E-state index in [1.807, 2.05) is 16.8 Å². The molecule has 1 N–H and O–H groups in total. The van der Waals surface area contributed by atoms with Gasteiger partial charge in [-0.25, -0.2) is 0 Å². The summed E-state index contributed by atoms with van der Waals surface area (Å²) in [5, 5.41) is 7.15. The number of rotatable bonds is 3. The molecule has 1 fully saturated rings. The number of hydrogen-bond donors (Lipinski definition) is 1. The van der Waals surface area contributed by atoms with E-state index in [2.05, 4.69) is 10.2 Å². The molecule has 1 atom stereocenters. The lowest BCUT2D eigenvalue weighted by molar-refractivity contribution is -0.138. The molecule has 1 aliphatic heterocycles. The third-order valence-corrected chi connectivity index (χ3v) is 4.93. The quantitative estimate of drug-likeness (QED) is 0.872. The molecule has 0 radical (unpaired) electrons. The SMILES string of the molecule is FC(F)(F)c1cc(Cl)ccc1[C@@H](c1ccsc1)N1CCNCC1. The van der Waals surface area contributed by atoms with Crippen LogP contribution in [0.5, 0.6) is 0 Å². The first-order chi connectivity index (χ1) is 11.0. The first-order valence-corrected chi connectivity index (χ1v) is 8.62. The normalized spacial score (nSPS) is 18.1. The lowest BCUT2D eigenvalue weighted by Gasteiger charge is -2.36. The number of alkyl halides is 3. The summed E-state index contributed by atoms with van der Waals surface area (Å²) in [5.41, 5.74) is 0.506. The molecular formula is C16H16ClF3N2S. The van der Waals surface area contributed by atoms with Crippen molar-refractivity contribution in [2.75, 3.05) is 26.2 Å². The molecular weight excluding hydrogens is 345 g/mol. The van der Waals surface area contributed by atoms with Crippen molar-refractivity contribution in [3.8, 4) is 0 Å². The van der Waals surface area contributed by atoms with Crippen molar-refractivity contribution >= 4 is 22.9 Å². The maximum Gasteiger partial charge on any atom is 0.416 e. The fraction of sp³-hybridized carbons (Fsp3) is 0.375. The van der Waals surface area contributed by atoms with Gasteiger partial charge in [0.05, 0.1) is 11.6 Å². The smallest absolute Gasteiger partial charge is 0.314 e. The van der Waals surface area contributed by atoms with Crippen LogP contribution in [0.15, 0.2) is 35.0 Å². The summed E-state index contributed by atoms with van der Waals surface area (Å²) in [6, 6.07) is 5.56. The summed E-state index contributed by atoms with van der Waals surface area (Å²) >= 11 is 7.31. The van der Waals surface area contributed by atoms with E-state index in [0.29, 0.717) is 13.1 Å². The fourth-order valence-corrected chi connectivity index (χ4v) is 3.82. The van der Waals surface area contributed by atoms with E-state index in [4.69, 9.17) is 11.6 Å². The molecule has 0 unspecified atom stereocenters. The lowest BCUT2D eigenvalue weighted by atomic mass is 9.94. The van der Waals surface area contributed by atoms with Crippen LogP contribution in [0.2, 0.25) is 5.02 Å². The van der Waals surface area contributed by atoms with Crippen LogP contribution in [-0.2, 0) is 6.18 Å². The molecule has 124 valence electrons. The number of benzene rings is 1. The molecule has 0 amide bonds. The number of nitrogens with one attached hydrogen (secondary N) is 1. The molecule has 1 saturated heterocycles. The Morgan fingerprint density at radius 3 is 2.52 bits per heavy atom. The zero-order valence-corrected chi connectivity index (χ0v) is 13.8. The molecule has 0 spiro atoms. The number of hydrogen-bond acceptors (Lipinski definition) is 3. The van der Waals surface area contributed by atoms with E-state index in [1.165, 1.54) is 23.5 Å². The van der Waals surface area contributed by atoms with Gasteiger partial charge in [0.2, 0.25) is 0 Å². The summed E-state index contributed by atoms with van der Waals surface area (Å²) < 4.78 is 40.5. The predicted octanol–water partition coefficient (Wildman–Crippen LogP) is 4.41. The van der Waals surface area contributed by atoms with Crippen LogP contribution < -0.4 is 5.32 Å². The Morgan fingerprint density at radius 1 is 1.17 bits per heavy atom. The van der Waals surface area contributed by atoms with E-state index in [9.17, 15) is 13.2 Å². The Bertz CT molecular complexity index is 652. The number of halogens is 4. The number of thiophene rings is 1. The zero-order valence-electron chi connectivity index (χ0n) is 12.2. The molecule has 1 aromatic heterocycles. The van der Waals surface area contributed by atoms with Gasteiger partial charge in [-0.2, -0.15) is 24.5 Å². The van der Waals surface area contributed by atoms with Gasteiger partial charge in [0, 0.05) is 31.2 Å². The monoisotopic (exact) mass is 360 g/mol. The van der Waals surface area contributed by atoms with Crippen molar-refractivity contribution < 1.29 is 13.2 Å². The first-order valence-electron chi connectivity index (χ1n) is 7.30. The van der Waals surface area contributed by atoms with Crippen molar-refractivity contribution in [2.45, 2.75) is 12.2 Å². The van der Waals surface area contributed by atoms with Crippen LogP contribution in [0.3, 0.4) is 0 Å². The minimum atomic E-state index is -4.43. The Balaban J connectivity index is 2.10. The Labute approximate surface area is 141 Å². The molecule has 0 aliphatic carbocycles.